The lowest BCUT2D eigenvalue weighted by Gasteiger charge is -2.25. The second-order valence-corrected chi connectivity index (χ2v) is 12.1. The van der Waals surface area contributed by atoms with Gasteiger partial charge in [-0.1, -0.05) is 88.1 Å². The van der Waals surface area contributed by atoms with Crippen LogP contribution in [0, 0.1) is 23.7 Å². The molecule has 1 aromatic carbocycles. The molecule has 0 spiro atoms. The largest absolute Gasteiger partial charge is 0.397 e. The molecule has 0 bridgehead atoms. The number of benzene rings is 1. The number of carbonyl (C=O) groups excluding carboxylic acids is 1. The van der Waals surface area contributed by atoms with Crippen molar-refractivity contribution in [2.45, 2.75) is 85.5 Å². The maximum absolute atomic E-state index is 13.1. The number of rotatable bonds is 7. The molecule has 1 heterocycles. The average molecular weight is 557 g/mol. The fourth-order valence-electron chi connectivity index (χ4n) is 6.11. The Morgan fingerprint density at radius 3 is 2.71 bits per heavy atom. The fraction of sp³-hybridized carbons (Fsp3) is 0.500. The molecule has 0 radical (unpaired) electrons. The van der Waals surface area contributed by atoms with Gasteiger partial charge in [-0.25, -0.2) is 5.84 Å². The Bertz CT molecular complexity index is 1240. The molecule has 5 heteroatoms. The summed E-state index contributed by atoms with van der Waals surface area (Å²) in [4.78, 5) is 17.6. The highest BCUT2D eigenvalue weighted by atomic mass is 16.1. The van der Waals surface area contributed by atoms with Crippen molar-refractivity contribution >= 4 is 22.4 Å². The zero-order valence-electron chi connectivity index (χ0n) is 25.8. The lowest BCUT2D eigenvalue weighted by molar-refractivity contribution is -0.118. The monoisotopic (exact) mass is 556 g/mol. The molecule has 0 fully saturated rings. The van der Waals surface area contributed by atoms with Gasteiger partial charge in [0.1, 0.15) is 0 Å². The van der Waals surface area contributed by atoms with Crippen molar-refractivity contribution in [3.63, 3.8) is 0 Å². The SMILES string of the molecule is C=C1CCCCC(CCN(N)/C=C(\N)c2cnc3ccccc3c2)CC(C)C(=O)/C=C/C(C)=C/[C@H](CC)[C@@H](CC)C1. The van der Waals surface area contributed by atoms with E-state index in [4.69, 9.17) is 11.6 Å². The predicted octanol–water partition coefficient (Wildman–Crippen LogP) is 8.34. The molecule has 0 aliphatic heterocycles. The van der Waals surface area contributed by atoms with Crippen LogP contribution in [0.25, 0.3) is 16.6 Å². The molecule has 3 rings (SSSR count). The van der Waals surface area contributed by atoms with Crippen molar-refractivity contribution < 1.29 is 4.79 Å². The number of nitrogens with zero attached hydrogens (tertiary/aromatic N) is 2. The van der Waals surface area contributed by atoms with E-state index in [9.17, 15) is 4.79 Å². The summed E-state index contributed by atoms with van der Waals surface area (Å²) in [6.45, 7) is 13.9. The number of ketones is 1. The number of carbonyl (C=O) groups is 1. The van der Waals surface area contributed by atoms with Crippen LogP contribution in [0.5, 0.6) is 0 Å². The van der Waals surface area contributed by atoms with Crippen molar-refractivity contribution in [1.29, 1.82) is 0 Å². The molecular formula is C36H52N4O. The first-order chi connectivity index (χ1) is 19.7. The summed E-state index contributed by atoms with van der Waals surface area (Å²) in [5.74, 6) is 8.11. The zero-order valence-corrected chi connectivity index (χ0v) is 25.8. The van der Waals surface area contributed by atoms with Crippen LogP contribution in [0.1, 0.15) is 91.0 Å². The summed E-state index contributed by atoms with van der Waals surface area (Å²) in [6.07, 6.45) is 19.3. The van der Waals surface area contributed by atoms with Crippen LogP contribution in [-0.4, -0.2) is 22.3 Å². The molecule has 1 aliphatic carbocycles. The van der Waals surface area contributed by atoms with Gasteiger partial charge >= 0.3 is 0 Å². The third-order valence-corrected chi connectivity index (χ3v) is 8.73. The summed E-state index contributed by atoms with van der Waals surface area (Å²) >= 11 is 0. The Labute approximate surface area is 248 Å². The highest BCUT2D eigenvalue weighted by Crippen LogP contribution is 2.31. The van der Waals surface area contributed by atoms with Gasteiger partial charge in [0.15, 0.2) is 5.78 Å². The van der Waals surface area contributed by atoms with Crippen LogP contribution in [0.2, 0.25) is 0 Å². The number of hydrogen-bond donors (Lipinski definition) is 2. The first-order valence-electron chi connectivity index (χ1n) is 15.6. The molecule has 41 heavy (non-hydrogen) atoms. The van der Waals surface area contributed by atoms with Crippen LogP contribution in [0.3, 0.4) is 0 Å². The Kier molecular flexibility index (Phi) is 12.9. The smallest absolute Gasteiger partial charge is 0.158 e. The molecule has 0 amide bonds. The topological polar surface area (TPSA) is 85.2 Å². The van der Waals surface area contributed by atoms with E-state index < -0.39 is 0 Å². The van der Waals surface area contributed by atoms with Crippen LogP contribution in [0.15, 0.2) is 78.7 Å². The van der Waals surface area contributed by atoms with E-state index in [1.165, 1.54) is 11.1 Å². The highest BCUT2D eigenvalue weighted by Gasteiger charge is 2.20. The van der Waals surface area contributed by atoms with Gasteiger partial charge in [-0.3, -0.25) is 9.78 Å². The molecule has 222 valence electrons. The number of allylic oxidation sites excluding steroid dienone is 5. The van der Waals surface area contributed by atoms with Gasteiger partial charge in [0.25, 0.3) is 0 Å². The standard InChI is InChI=1S/C36H52N4O/c1-6-30-20-26(3)12-8-9-13-29(22-28(5)36(41)17-16-27(4)21-31(30)7-2)18-19-40(38)25-34(37)33-23-32-14-10-11-15-35(32)39-24-33/h10-11,14-17,21,23-25,28-31H,3,6-9,12-13,18-20,22,37-38H2,1-2,4-5H3/b17-16+,27-21+,34-25-/t28?,29?,30-,31-/m0/s1. The van der Waals surface area contributed by atoms with E-state index in [1.54, 1.807) is 23.5 Å². The zero-order chi connectivity index (χ0) is 29.8. The first-order valence-corrected chi connectivity index (χ1v) is 15.6. The van der Waals surface area contributed by atoms with E-state index in [0.29, 0.717) is 30.0 Å². The van der Waals surface area contributed by atoms with E-state index in [-0.39, 0.29) is 11.7 Å². The highest BCUT2D eigenvalue weighted by molar-refractivity contribution is 5.91. The van der Waals surface area contributed by atoms with Crippen LogP contribution < -0.4 is 11.6 Å². The Balaban J connectivity index is 1.68. The van der Waals surface area contributed by atoms with Crippen LogP contribution in [0.4, 0.5) is 0 Å². The Morgan fingerprint density at radius 2 is 1.95 bits per heavy atom. The Morgan fingerprint density at radius 1 is 1.17 bits per heavy atom. The van der Waals surface area contributed by atoms with Crippen LogP contribution >= 0.6 is 0 Å². The minimum Gasteiger partial charge on any atom is -0.397 e. The van der Waals surface area contributed by atoms with E-state index in [0.717, 1.165) is 74.3 Å². The maximum Gasteiger partial charge on any atom is 0.158 e. The van der Waals surface area contributed by atoms with Gasteiger partial charge in [0, 0.05) is 35.8 Å². The van der Waals surface area contributed by atoms with Crippen molar-refractivity contribution in [2.75, 3.05) is 6.54 Å². The lowest BCUT2D eigenvalue weighted by Crippen LogP contribution is -2.29. The number of pyridine rings is 1. The number of fused-ring (bicyclic) bond motifs is 1. The van der Waals surface area contributed by atoms with Gasteiger partial charge in [0.05, 0.1) is 11.2 Å². The molecule has 0 saturated carbocycles. The normalized spacial score (nSPS) is 26.0. The maximum atomic E-state index is 13.1. The number of hydrogen-bond acceptors (Lipinski definition) is 5. The molecular weight excluding hydrogens is 504 g/mol. The van der Waals surface area contributed by atoms with Gasteiger partial charge in [-0.05, 0) is 81.4 Å². The summed E-state index contributed by atoms with van der Waals surface area (Å²) in [5, 5.41) is 2.73. The second kappa shape index (κ2) is 16.3. The number of aromatic nitrogens is 1. The van der Waals surface area contributed by atoms with Gasteiger partial charge in [-0.2, -0.15) is 0 Å². The summed E-state index contributed by atoms with van der Waals surface area (Å²) in [7, 11) is 0. The van der Waals surface area contributed by atoms with E-state index in [1.807, 2.05) is 36.4 Å². The van der Waals surface area contributed by atoms with Crippen molar-refractivity contribution in [3.8, 4) is 0 Å². The van der Waals surface area contributed by atoms with Crippen molar-refractivity contribution in [3.05, 3.63) is 84.2 Å². The first kappa shape index (κ1) is 32.3. The van der Waals surface area contributed by atoms with Gasteiger partial charge in [-0.15, -0.1) is 0 Å². The summed E-state index contributed by atoms with van der Waals surface area (Å²) in [5.41, 5.74) is 11.3. The third-order valence-electron chi connectivity index (χ3n) is 8.73. The Hall–Kier alpha value is -3.18. The molecule has 1 aromatic heterocycles. The van der Waals surface area contributed by atoms with E-state index in [2.05, 4.69) is 45.3 Å². The van der Waals surface area contributed by atoms with Gasteiger partial charge < -0.3 is 10.7 Å². The van der Waals surface area contributed by atoms with Crippen LogP contribution in [-0.2, 0) is 4.79 Å². The third kappa shape index (κ3) is 10.3. The quantitative estimate of drug-likeness (QED) is 0.203. The molecule has 1 aliphatic rings. The molecule has 4 N–H and O–H groups in total. The molecule has 4 atom stereocenters. The average Bonchev–Trinajstić information content (AvgIpc) is 2.97. The minimum atomic E-state index is -0.0206. The van der Waals surface area contributed by atoms with Crippen molar-refractivity contribution in [1.82, 2.24) is 9.99 Å². The van der Waals surface area contributed by atoms with E-state index >= 15 is 0 Å². The molecule has 0 saturated heterocycles. The fourth-order valence-corrected chi connectivity index (χ4v) is 6.11. The molecule has 2 unspecified atom stereocenters. The molecule has 5 nitrogen and oxygen atoms in total. The lowest BCUT2D eigenvalue weighted by atomic mass is 9.81. The molecule has 2 aromatic rings. The van der Waals surface area contributed by atoms with Gasteiger partial charge in [0.2, 0.25) is 0 Å². The predicted molar refractivity (Wildman–Crippen MR) is 174 cm³/mol. The second-order valence-electron chi connectivity index (χ2n) is 12.1. The minimum absolute atomic E-state index is 0.0206. The number of nitrogens with two attached hydrogens (primary N) is 2. The summed E-state index contributed by atoms with van der Waals surface area (Å²) < 4.78 is 0. The number of para-hydroxylation sites is 1. The van der Waals surface area contributed by atoms with Crippen molar-refractivity contribution in [2.24, 2.45) is 35.2 Å². The summed E-state index contributed by atoms with van der Waals surface area (Å²) in [6, 6.07) is 10.0. The number of hydrazine groups is 1.